The van der Waals surface area contributed by atoms with Crippen molar-refractivity contribution in [2.75, 3.05) is 59.7 Å². The third-order valence-corrected chi connectivity index (χ3v) is 16.8. The fourth-order valence-electron chi connectivity index (χ4n) is 11.0. The molecule has 5 atom stereocenters. The largest absolute Gasteiger partial charge is 0.496 e. The van der Waals surface area contributed by atoms with Crippen LogP contribution in [-0.2, 0) is 18.8 Å². The highest BCUT2D eigenvalue weighted by Crippen LogP contribution is 2.41. The average molecular weight is 1210 g/mol. The number of nitriles is 2. The van der Waals surface area contributed by atoms with E-state index >= 15 is 0 Å². The number of amides is 2. The van der Waals surface area contributed by atoms with E-state index in [1.54, 1.807) is 97.3 Å². The molecule has 3 fully saturated rings. The van der Waals surface area contributed by atoms with Crippen molar-refractivity contribution < 1.29 is 46.7 Å². The predicted molar refractivity (Wildman–Crippen MR) is 343 cm³/mol. The smallest absolute Gasteiger partial charge is 0.494 e. The van der Waals surface area contributed by atoms with Gasteiger partial charge in [0.15, 0.2) is 11.2 Å². The second kappa shape index (κ2) is 26.9. The van der Waals surface area contributed by atoms with E-state index in [0.717, 1.165) is 52.8 Å². The molecule has 3 saturated heterocycles. The number of nitrogens with one attached hydrogen (secondary N) is 2. The minimum absolute atomic E-state index is 0.0934. The Balaban J connectivity index is 0.000000165. The summed E-state index contributed by atoms with van der Waals surface area (Å²) < 4.78 is 46.9. The van der Waals surface area contributed by atoms with Crippen LogP contribution in [0.4, 0.5) is 11.4 Å². The van der Waals surface area contributed by atoms with Crippen molar-refractivity contribution in [1.82, 2.24) is 19.8 Å². The van der Waals surface area contributed by atoms with Crippen molar-refractivity contribution >= 4 is 69.6 Å². The molecule has 4 aromatic heterocycles. The Labute approximate surface area is 520 Å². The normalized spacial score (nSPS) is 20.1. The van der Waals surface area contributed by atoms with E-state index in [9.17, 15) is 20.1 Å². The highest BCUT2D eigenvalue weighted by Gasteiger charge is 2.52. The first kappa shape index (κ1) is 64.1. The molecule has 20 heteroatoms. The number of nitrogens with zero attached hydrogens (tertiary/aromatic N) is 6. The molecule has 0 bridgehead atoms. The number of halogens is 1. The van der Waals surface area contributed by atoms with Gasteiger partial charge < -0.3 is 57.5 Å². The molecule has 11 rings (SSSR count). The first-order valence-electron chi connectivity index (χ1n) is 29.4. The second-order valence-electron chi connectivity index (χ2n) is 24.1. The Hall–Kier alpha value is -8.43. The van der Waals surface area contributed by atoms with Crippen LogP contribution in [0.25, 0.3) is 56.0 Å². The summed E-state index contributed by atoms with van der Waals surface area (Å²) in [5, 5.41) is 27.2. The second-order valence-corrected chi connectivity index (χ2v) is 24.5. The van der Waals surface area contributed by atoms with Crippen molar-refractivity contribution in [3.63, 3.8) is 0 Å². The monoisotopic (exact) mass is 1210 g/mol. The van der Waals surface area contributed by atoms with Crippen LogP contribution in [0.15, 0.2) is 118 Å². The lowest BCUT2D eigenvalue weighted by molar-refractivity contribution is -0.0337. The van der Waals surface area contributed by atoms with Crippen LogP contribution >= 0.6 is 11.6 Å². The number of rotatable bonds is 12. The maximum atomic E-state index is 12.4. The molecule has 0 saturated carbocycles. The van der Waals surface area contributed by atoms with Gasteiger partial charge in [0, 0.05) is 81.5 Å². The number of furan rings is 2. The highest BCUT2D eigenvalue weighted by atomic mass is 35.5. The number of aromatic nitrogens is 2. The Morgan fingerprint density at radius 3 is 1.70 bits per heavy atom. The molecule has 18 nitrogen and oxygen atoms in total. The fourth-order valence-corrected chi connectivity index (χ4v) is 11.2. The van der Waals surface area contributed by atoms with Crippen LogP contribution in [-0.4, -0.2) is 129 Å². The molecule has 458 valence electrons. The number of carbonyl (C=O) groups is 2. The number of benzene rings is 4. The number of ether oxygens (including phenoxy) is 4. The van der Waals surface area contributed by atoms with Crippen LogP contribution in [0.3, 0.4) is 0 Å². The van der Waals surface area contributed by atoms with Crippen molar-refractivity contribution in [1.29, 1.82) is 10.5 Å². The summed E-state index contributed by atoms with van der Waals surface area (Å²) in [6.07, 6.45) is 6.77. The molecule has 0 aliphatic carbocycles. The molecule has 3 aliphatic rings. The molecule has 5 unspecified atom stereocenters. The number of pyridine rings is 2. The number of hydrogen-bond donors (Lipinski definition) is 2. The molecule has 0 spiro atoms. The van der Waals surface area contributed by atoms with Gasteiger partial charge >= 0.3 is 7.12 Å². The average Bonchev–Trinajstić information content (AvgIpc) is 1.86. The van der Waals surface area contributed by atoms with Gasteiger partial charge in [0.2, 0.25) is 0 Å². The van der Waals surface area contributed by atoms with Crippen LogP contribution in [0, 0.1) is 28.6 Å². The number of anilines is 2. The van der Waals surface area contributed by atoms with Gasteiger partial charge in [-0.25, -0.2) is 0 Å². The van der Waals surface area contributed by atoms with Gasteiger partial charge in [-0.1, -0.05) is 30.7 Å². The van der Waals surface area contributed by atoms with Crippen LogP contribution in [0.5, 0.6) is 11.5 Å². The molecule has 4 aromatic carbocycles. The summed E-state index contributed by atoms with van der Waals surface area (Å²) in [7, 11) is 9.49. The predicted octanol–water partition coefficient (Wildman–Crippen LogP) is 13.1. The van der Waals surface area contributed by atoms with Gasteiger partial charge in [0.25, 0.3) is 11.8 Å². The summed E-state index contributed by atoms with van der Waals surface area (Å²) in [4.78, 5) is 36.3. The van der Waals surface area contributed by atoms with Gasteiger partial charge in [-0.2, -0.15) is 10.5 Å². The topological polar surface area (TPSA) is 220 Å². The van der Waals surface area contributed by atoms with Gasteiger partial charge in [-0.15, -0.1) is 0 Å². The summed E-state index contributed by atoms with van der Waals surface area (Å²) in [5.41, 5.74) is 9.65. The van der Waals surface area contributed by atoms with Crippen molar-refractivity contribution in [2.24, 2.45) is 5.92 Å². The SMILES string of the molecule is CC1CC(Nc2ccc(B3OC(C)(C)C(C)(C)O3)cc2C#N)CC(C)O1.COc1cc(C(=O)N(C)C)ccc1-c1cc2nccc(-c3ccc(NC4CC(C)OCC4C)c(C#N)c3)c2o1.COc1cc(C(=O)N(C)C)ccc1-c1cc2nccc(Cl)c2o1. The van der Waals surface area contributed by atoms with Gasteiger partial charge in [0.1, 0.15) is 46.2 Å². The molecule has 2 amide bonds. The molecular weight excluding hydrogens is 1140 g/mol. The number of fused-ring (bicyclic) bond motifs is 2. The molecule has 3 aliphatic heterocycles. The fraction of sp³-hybridized carbons (Fsp3) is 0.382. The minimum atomic E-state index is -0.454. The Kier molecular flexibility index (Phi) is 19.6. The van der Waals surface area contributed by atoms with Crippen LogP contribution < -0.4 is 25.6 Å². The first-order valence-corrected chi connectivity index (χ1v) is 29.8. The number of methoxy groups -OCH3 is 2. The highest BCUT2D eigenvalue weighted by molar-refractivity contribution is 6.62. The molecule has 0 radical (unpaired) electrons. The van der Waals surface area contributed by atoms with E-state index in [0.29, 0.717) is 96.6 Å². The van der Waals surface area contributed by atoms with Gasteiger partial charge in [-0.3, -0.25) is 19.6 Å². The molecular formula is C68H76BClN8O10. The lowest BCUT2D eigenvalue weighted by Gasteiger charge is -2.34. The van der Waals surface area contributed by atoms with Gasteiger partial charge in [0.05, 0.1) is 89.0 Å². The number of hydrogen-bond acceptors (Lipinski definition) is 16. The molecule has 7 heterocycles. The van der Waals surface area contributed by atoms with Crippen molar-refractivity contribution in [3.8, 4) is 57.4 Å². The third kappa shape index (κ3) is 14.1. The summed E-state index contributed by atoms with van der Waals surface area (Å²) in [5.74, 6) is 2.38. The zero-order valence-electron chi connectivity index (χ0n) is 52.4. The zero-order valence-corrected chi connectivity index (χ0v) is 53.2. The standard InChI is InChI=1S/C31H32N4O4.C20H29BN2O3.C17H15ClN2O3/c1-18-17-38-19(2)12-26(18)34-25-9-7-20(13-22(25)16-32)23-10-11-33-27-15-29(39-30(23)27)24-8-6-21(14-28(24)37-5)31(36)35(3)4;1-13-9-17(10-14(2)24-13)23-18-8-7-16(11-15(18)12-22)21-25-19(3,4)20(5,6)26-21;1-20(2)17(21)10-4-5-11(14(8-10)22-3)15-9-13-16(23-15)12(18)6-7-19-13/h6-11,13-15,18-19,26,34H,12,17H2,1-5H3;7-8,11,13-14,17,23H,9-10H2,1-6H3;4-9H,1-3H3. The lowest BCUT2D eigenvalue weighted by Crippen LogP contribution is -2.41. The maximum absolute atomic E-state index is 12.4. The lowest BCUT2D eigenvalue weighted by atomic mass is 9.78. The number of carbonyl (C=O) groups excluding carboxylic acids is 2. The van der Waals surface area contributed by atoms with E-state index in [4.69, 9.17) is 48.7 Å². The quantitative estimate of drug-likeness (QED) is 0.109. The summed E-state index contributed by atoms with van der Waals surface area (Å²) in [6.45, 7) is 17.2. The van der Waals surface area contributed by atoms with Crippen LogP contribution in [0.1, 0.15) is 106 Å². The minimum Gasteiger partial charge on any atom is -0.496 e. The Morgan fingerprint density at radius 2 is 1.16 bits per heavy atom. The molecule has 2 N–H and O–H groups in total. The summed E-state index contributed by atoms with van der Waals surface area (Å²) in [6, 6.07) is 34.6. The van der Waals surface area contributed by atoms with Crippen molar-refractivity contribution in [2.45, 2.75) is 116 Å². The van der Waals surface area contributed by atoms with E-state index < -0.39 is 18.3 Å². The van der Waals surface area contributed by atoms with Gasteiger partial charge in [-0.05, 0) is 157 Å². The molecule has 8 aromatic rings. The summed E-state index contributed by atoms with van der Waals surface area (Å²) >= 11 is 6.12. The van der Waals surface area contributed by atoms with E-state index in [-0.39, 0.29) is 36.2 Å². The Bertz CT molecular complexity index is 3920. The zero-order chi connectivity index (χ0) is 63.4. The van der Waals surface area contributed by atoms with E-state index in [1.807, 2.05) is 82.3 Å². The van der Waals surface area contributed by atoms with E-state index in [2.05, 4.69) is 60.4 Å². The molecule has 88 heavy (non-hydrogen) atoms. The van der Waals surface area contributed by atoms with Crippen LogP contribution in [0.2, 0.25) is 5.02 Å². The van der Waals surface area contributed by atoms with E-state index in [1.165, 1.54) is 9.80 Å². The van der Waals surface area contributed by atoms with Crippen molar-refractivity contribution in [3.05, 3.63) is 137 Å². The third-order valence-electron chi connectivity index (χ3n) is 16.5. The Morgan fingerprint density at radius 1 is 0.636 bits per heavy atom. The maximum Gasteiger partial charge on any atom is 0.494 e. The first-order chi connectivity index (χ1) is 41.9.